The summed E-state index contributed by atoms with van der Waals surface area (Å²) in [4.78, 5) is 33.6. The Bertz CT molecular complexity index is 1140. The maximum absolute atomic E-state index is 13.2. The number of fused-ring (bicyclic) bond motifs is 2. The van der Waals surface area contributed by atoms with Gasteiger partial charge in [0.05, 0.1) is 0 Å². The molecule has 2 atom stereocenters. The van der Waals surface area contributed by atoms with Crippen molar-refractivity contribution in [1.29, 1.82) is 0 Å². The number of benzene rings is 2. The van der Waals surface area contributed by atoms with E-state index >= 15 is 0 Å². The normalized spacial score (nSPS) is 20.6. The second kappa shape index (κ2) is 8.71. The van der Waals surface area contributed by atoms with Gasteiger partial charge < -0.3 is 15.5 Å². The zero-order valence-electron chi connectivity index (χ0n) is 18.0. The van der Waals surface area contributed by atoms with Crippen molar-refractivity contribution in [3.63, 3.8) is 0 Å². The fourth-order valence-corrected chi connectivity index (χ4v) is 5.18. The monoisotopic (exact) mass is 427 g/mol. The summed E-state index contributed by atoms with van der Waals surface area (Å²) in [5.41, 5.74) is 7.51. The van der Waals surface area contributed by atoms with Crippen LogP contribution in [-0.2, 0) is 0 Å². The number of amides is 2. The number of hydrogen-bond donors (Lipinski definition) is 1. The van der Waals surface area contributed by atoms with Gasteiger partial charge in [-0.1, -0.05) is 42.5 Å². The van der Waals surface area contributed by atoms with Gasteiger partial charge in [-0.25, -0.2) is 0 Å². The lowest BCUT2D eigenvalue weighted by Gasteiger charge is -2.22. The van der Waals surface area contributed by atoms with Crippen molar-refractivity contribution in [1.82, 2.24) is 14.8 Å². The van der Waals surface area contributed by atoms with Crippen LogP contribution in [0.15, 0.2) is 60.8 Å². The van der Waals surface area contributed by atoms with E-state index in [4.69, 9.17) is 5.73 Å². The number of primary amides is 1. The van der Waals surface area contributed by atoms with Crippen LogP contribution < -0.4 is 5.73 Å². The van der Waals surface area contributed by atoms with Crippen LogP contribution in [0.3, 0.4) is 0 Å². The Labute approximate surface area is 188 Å². The van der Waals surface area contributed by atoms with E-state index in [2.05, 4.69) is 16.3 Å². The molecule has 0 bridgehead atoms. The van der Waals surface area contributed by atoms with Crippen molar-refractivity contribution >= 4 is 22.6 Å². The maximum Gasteiger partial charge on any atom is 0.273 e. The third kappa shape index (κ3) is 3.98. The number of rotatable bonds is 6. The summed E-state index contributed by atoms with van der Waals surface area (Å²) >= 11 is 0. The summed E-state index contributed by atoms with van der Waals surface area (Å²) < 4.78 is 0. The van der Waals surface area contributed by atoms with E-state index in [9.17, 15) is 9.59 Å². The van der Waals surface area contributed by atoms with Crippen LogP contribution in [0.2, 0.25) is 0 Å². The number of hydrogen-bond acceptors (Lipinski definition) is 4. The molecule has 2 saturated heterocycles. The number of pyridine rings is 1. The second-order valence-corrected chi connectivity index (χ2v) is 8.81. The standard InChI is InChI=1S/C26H27N4O2/c27-25(31)23-10-4-2-6-18(23)8-5-13-29-14-20-16-30(17-21(20)15-29)26(32)24-22-9-3-1-7-19(22)11-12-28-24/h1-4,6-12,20-21H,5,13-17H2,(H2,27,31)/t20-,21?/m0/s1. The van der Waals surface area contributed by atoms with E-state index < -0.39 is 5.91 Å². The second-order valence-electron chi connectivity index (χ2n) is 8.81. The third-order valence-electron chi connectivity index (χ3n) is 6.76. The molecule has 6 nitrogen and oxygen atoms in total. The highest BCUT2D eigenvalue weighted by atomic mass is 16.2. The minimum Gasteiger partial charge on any atom is -0.366 e. The highest BCUT2D eigenvalue weighted by molar-refractivity contribution is 6.05. The maximum atomic E-state index is 13.2. The molecule has 2 N–H and O–H groups in total. The molecule has 0 saturated carbocycles. The number of nitrogens with two attached hydrogens (primary N) is 1. The summed E-state index contributed by atoms with van der Waals surface area (Å²) in [7, 11) is 0. The van der Waals surface area contributed by atoms with Gasteiger partial charge in [0.15, 0.2) is 0 Å². The molecule has 163 valence electrons. The van der Waals surface area contributed by atoms with Crippen LogP contribution >= 0.6 is 0 Å². The van der Waals surface area contributed by atoms with Gasteiger partial charge in [0.2, 0.25) is 5.91 Å². The van der Waals surface area contributed by atoms with Crippen LogP contribution in [0.5, 0.6) is 0 Å². The average Bonchev–Trinajstić information content (AvgIpc) is 3.37. The molecule has 3 heterocycles. The van der Waals surface area contributed by atoms with E-state index in [1.165, 1.54) is 0 Å². The number of likely N-dealkylation sites (tertiary alicyclic amines) is 2. The molecule has 32 heavy (non-hydrogen) atoms. The Morgan fingerprint density at radius 2 is 1.69 bits per heavy atom. The summed E-state index contributed by atoms with van der Waals surface area (Å²) in [6, 6.07) is 17.3. The Morgan fingerprint density at radius 1 is 0.969 bits per heavy atom. The van der Waals surface area contributed by atoms with Gasteiger partial charge in [-0.3, -0.25) is 14.6 Å². The highest BCUT2D eigenvalue weighted by Gasteiger charge is 2.41. The van der Waals surface area contributed by atoms with Gasteiger partial charge in [0.1, 0.15) is 5.69 Å². The Balaban J connectivity index is 1.16. The van der Waals surface area contributed by atoms with E-state index in [-0.39, 0.29) is 5.91 Å². The van der Waals surface area contributed by atoms with Crippen molar-refractivity contribution < 1.29 is 9.59 Å². The minimum absolute atomic E-state index is 0.0409. The lowest BCUT2D eigenvalue weighted by Crippen LogP contribution is -2.34. The molecule has 3 aromatic rings. The van der Waals surface area contributed by atoms with Crippen molar-refractivity contribution in [2.45, 2.75) is 6.42 Å². The van der Waals surface area contributed by atoms with E-state index in [1.54, 1.807) is 12.3 Å². The fraction of sp³-hybridized carbons (Fsp3) is 0.308. The largest absolute Gasteiger partial charge is 0.366 e. The summed E-state index contributed by atoms with van der Waals surface area (Å²) in [6.07, 6.45) is 4.68. The first kappa shape index (κ1) is 20.6. The van der Waals surface area contributed by atoms with Crippen molar-refractivity contribution in [3.05, 3.63) is 84.0 Å². The molecule has 2 amide bonds. The molecule has 2 fully saturated rings. The molecule has 0 aliphatic carbocycles. The molecule has 2 aliphatic rings. The fourth-order valence-electron chi connectivity index (χ4n) is 5.18. The smallest absolute Gasteiger partial charge is 0.273 e. The number of aromatic nitrogens is 1. The first-order chi connectivity index (χ1) is 15.6. The third-order valence-corrected chi connectivity index (χ3v) is 6.76. The number of carbonyl (C=O) groups is 2. The zero-order chi connectivity index (χ0) is 22.1. The molecule has 2 aromatic carbocycles. The van der Waals surface area contributed by atoms with Gasteiger partial charge in [0, 0.05) is 43.3 Å². The molecule has 2 aliphatic heterocycles. The Morgan fingerprint density at radius 3 is 2.47 bits per heavy atom. The minimum atomic E-state index is -0.391. The van der Waals surface area contributed by atoms with Crippen molar-refractivity contribution in [2.75, 3.05) is 32.7 Å². The molecule has 1 aromatic heterocycles. The summed E-state index contributed by atoms with van der Waals surface area (Å²) in [5, 5.41) is 1.97. The zero-order valence-corrected chi connectivity index (χ0v) is 18.0. The van der Waals surface area contributed by atoms with Crippen molar-refractivity contribution in [3.8, 4) is 0 Å². The van der Waals surface area contributed by atoms with E-state index in [0.717, 1.165) is 55.5 Å². The molecule has 0 spiro atoms. The number of nitrogens with zero attached hydrogens (tertiary/aromatic N) is 3. The van der Waals surface area contributed by atoms with Crippen LogP contribution in [0, 0.1) is 18.3 Å². The molecular weight excluding hydrogens is 400 g/mol. The van der Waals surface area contributed by atoms with Crippen molar-refractivity contribution in [2.24, 2.45) is 17.6 Å². The van der Waals surface area contributed by atoms with Gasteiger partial charge in [-0.15, -0.1) is 0 Å². The molecule has 6 heteroatoms. The topological polar surface area (TPSA) is 79.5 Å². The molecular formula is C26H27N4O2. The van der Waals surface area contributed by atoms with Crippen LogP contribution in [0.1, 0.15) is 32.8 Å². The summed E-state index contributed by atoms with van der Waals surface area (Å²) in [6.45, 7) is 4.53. The van der Waals surface area contributed by atoms with Gasteiger partial charge in [-0.05, 0) is 54.3 Å². The first-order valence-corrected chi connectivity index (χ1v) is 11.2. The lowest BCUT2D eigenvalue weighted by molar-refractivity contribution is 0.0770. The molecule has 1 unspecified atom stereocenters. The van der Waals surface area contributed by atoms with Gasteiger partial charge >= 0.3 is 0 Å². The molecule has 5 rings (SSSR count). The van der Waals surface area contributed by atoms with Crippen LogP contribution in [-0.4, -0.2) is 59.3 Å². The van der Waals surface area contributed by atoms with E-state index in [1.807, 2.05) is 53.4 Å². The Kier molecular flexibility index (Phi) is 5.62. The lowest BCUT2D eigenvalue weighted by atomic mass is 10.0. The number of carbonyl (C=O) groups excluding carboxylic acids is 2. The van der Waals surface area contributed by atoms with E-state index in [0.29, 0.717) is 23.1 Å². The Hall–Kier alpha value is -3.25. The average molecular weight is 428 g/mol. The predicted octanol–water partition coefficient (Wildman–Crippen LogP) is 2.98. The predicted molar refractivity (Wildman–Crippen MR) is 124 cm³/mol. The first-order valence-electron chi connectivity index (χ1n) is 11.2. The van der Waals surface area contributed by atoms with Crippen LogP contribution in [0.25, 0.3) is 10.8 Å². The quantitative estimate of drug-likeness (QED) is 0.656. The van der Waals surface area contributed by atoms with Crippen LogP contribution in [0.4, 0.5) is 0 Å². The SMILES string of the molecule is NC(=O)c1ccccc1[CH]CCN1CC2CN(C(=O)c3nccc4ccccc34)C[C@@H]2C1. The molecule has 1 radical (unpaired) electrons. The highest BCUT2D eigenvalue weighted by Crippen LogP contribution is 2.32. The van der Waals surface area contributed by atoms with Gasteiger partial charge in [0.25, 0.3) is 5.91 Å². The summed E-state index contributed by atoms with van der Waals surface area (Å²) in [5.74, 6) is 0.663. The van der Waals surface area contributed by atoms with Gasteiger partial charge in [-0.2, -0.15) is 0 Å².